The van der Waals surface area contributed by atoms with Crippen molar-refractivity contribution in [3.05, 3.63) is 64.1 Å². The standard InChI is InChI=1S/C35H39F3N6O4/c1-34(16-22(36)17-39-19-34)43-33(46)47-15-3-6-21-9-10-26(37)23-7-2-8-24(27(21)23)29-28(38)30-25(18-40-29)31(45)42-32(41-30)48-20-35-11-4-13-44(35)14-5-12-35/h2,7-10,18,22,39H,3-6,11-17,19-20H2,1H3,(H,43,46)(H,41,42,45). The SMILES string of the molecule is CC1(NC(=O)OCCCc2ccc(F)c3cccc(-c4ncc5c(=O)[nH]c(OCC67CCCN6CCC7)nc5c4F)c23)CNCC(F)C1. The van der Waals surface area contributed by atoms with Gasteiger partial charge in [-0.3, -0.25) is 19.7 Å². The van der Waals surface area contributed by atoms with Crippen LogP contribution < -0.4 is 20.9 Å². The number of piperidine rings is 1. The van der Waals surface area contributed by atoms with E-state index in [1.54, 1.807) is 31.2 Å². The van der Waals surface area contributed by atoms with E-state index in [4.69, 9.17) is 9.47 Å². The van der Waals surface area contributed by atoms with E-state index < -0.39 is 35.0 Å². The number of carbonyl (C=O) groups excluding carboxylic acids is 1. The highest BCUT2D eigenvalue weighted by Crippen LogP contribution is 2.39. The van der Waals surface area contributed by atoms with Gasteiger partial charge in [-0.1, -0.05) is 24.3 Å². The fourth-order valence-electron chi connectivity index (χ4n) is 7.76. The van der Waals surface area contributed by atoms with Gasteiger partial charge in [0.2, 0.25) is 0 Å². The second-order valence-electron chi connectivity index (χ2n) is 13.6. The van der Waals surface area contributed by atoms with Crippen molar-refractivity contribution in [3.63, 3.8) is 0 Å². The number of carbonyl (C=O) groups is 1. The number of nitrogens with one attached hydrogen (secondary N) is 3. The van der Waals surface area contributed by atoms with Crippen LogP contribution in [0.25, 0.3) is 32.9 Å². The van der Waals surface area contributed by atoms with Gasteiger partial charge in [-0.25, -0.2) is 18.0 Å². The molecule has 3 N–H and O–H groups in total. The molecule has 4 aromatic rings. The lowest BCUT2D eigenvalue weighted by molar-refractivity contribution is 0.107. The molecule has 2 atom stereocenters. The third-order valence-corrected chi connectivity index (χ3v) is 10.1. The zero-order valence-corrected chi connectivity index (χ0v) is 26.8. The first kappa shape index (κ1) is 32.3. The summed E-state index contributed by atoms with van der Waals surface area (Å²) in [4.78, 5) is 39.2. The smallest absolute Gasteiger partial charge is 0.407 e. The van der Waals surface area contributed by atoms with Crippen LogP contribution in [-0.2, 0) is 11.2 Å². The lowest BCUT2D eigenvalue weighted by Gasteiger charge is -2.36. The number of nitrogens with zero attached hydrogens (tertiary/aromatic N) is 3. The molecule has 0 saturated carbocycles. The van der Waals surface area contributed by atoms with Gasteiger partial charge in [0, 0.05) is 36.7 Å². The highest BCUT2D eigenvalue weighted by Gasteiger charge is 2.45. The van der Waals surface area contributed by atoms with Crippen molar-refractivity contribution in [2.24, 2.45) is 0 Å². The first-order chi connectivity index (χ1) is 23.1. The fourth-order valence-corrected chi connectivity index (χ4v) is 7.76. The second-order valence-corrected chi connectivity index (χ2v) is 13.6. The Labute approximate surface area is 275 Å². The number of amides is 1. The number of aromatic nitrogens is 3. The lowest BCUT2D eigenvalue weighted by atomic mass is 9.91. The molecule has 10 nitrogen and oxygen atoms in total. The van der Waals surface area contributed by atoms with E-state index in [9.17, 15) is 14.0 Å². The number of hydrogen-bond donors (Lipinski definition) is 3. The number of fused-ring (bicyclic) bond motifs is 3. The van der Waals surface area contributed by atoms with Crippen LogP contribution in [0.15, 0.2) is 41.3 Å². The number of pyridine rings is 1. The number of hydrogen-bond acceptors (Lipinski definition) is 8. The average Bonchev–Trinajstić information content (AvgIpc) is 3.64. The number of rotatable bonds is 9. The molecule has 5 heterocycles. The Morgan fingerprint density at radius 3 is 2.75 bits per heavy atom. The molecule has 0 aliphatic carbocycles. The predicted molar refractivity (Wildman–Crippen MR) is 175 cm³/mol. The zero-order chi connectivity index (χ0) is 33.5. The molecule has 3 fully saturated rings. The minimum absolute atomic E-state index is 0.0212. The number of ether oxygens (including phenoxy) is 2. The molecule has 2 aromatic carbocycles. The summed E-state index contributed by atoms with van der Waals surface area (Å²) in [6.07, 6.45) is 4.73. The number of alkyl halides is 1. The van der Waals surface area contributed by atoms with Gasteiger partial charge in [0.1, 0.15) is 29.8 Å². The predicted octanol–water partition coefficient (Wildman–Crippen LogP) is 5.17. The molecule has 3 saturated heterocycles. The molecule has 3 aliphatic heterocycles. The summed E-state index contributed by atoms with van der Waals surface area (Å²) in [5.74, 6) is -1.29. The Kier molecular flexibility index (Phi) is 8.75. The van der Waals surface area contributed by atoms with E-state index >= 15 is 8.78 Å². The van der Waals surface area contributed by atoms with Gasteiger partial charge in [0.25, 0.3) is 11.6 Å². The summed E-state index contributed by atoms with van der Waals surface area (Å²) in [6, 6.07) is 7.82. The Morgan fingerprint density at radius 1 is 1.15 bits per heavy atom. The van der Waals surface area contributed by atoms with E-state index in [2.05, 4.69) is 30.5 Å². The van der Waals surface area contributed by atoms with E-state index in [1.807, 2.05) is 0 Å². The van der Waals surface area contributed by atoms with Crippen LogP contribution in [0, 0.1) is 11.6 Å². The number of benzene rings is 2. The van der Waals surface area contributed by atoms with Crippen molar-refractivity contribution < 1.29 is 27.4 Å². The number of alkyl carbamates (subject to hydrolysis) is 1. The fraction of sp³-hybridized carbons (Fsp3) is 0.486. The van der Waals surface area contributed by atoms with E-state index in [0.717, 1.165) is 38.8 Å². The molecule has 7 rings (SSSR count). The molecule has 48 heavy (non-hydrogen) atoms. The molecule has 0 bridgehead atoms. The normalized spacial score (nSPS) is 22.2. The summed E-state index contributed by atoms with van der Waals surface area (Å²) in [5.41, 5.74) is -0.611. The van der Waals surface area contributed by atoms with Crippen molar-refractivity contribution >= 4 is 27.8 Å². The van der Waals surface area contributed by atoms with E-state index in [-0.39, 0.29) is 53.1 Å². The second kappa shape index (κ2) is 13.0. The van der Waals surface area contributed by atoms with Gasteiger partial charge < -0.3 is 20.1 Å². The third kappa shape index (κ3) is 6.21. The monoisotopic (exact) mass is 664 g/mol. The molecular weight excluding hydrogens is 625 g/mol. The van der Waals surface area contributed by atoms with Gasteiger partial charge in [0.15, 0.2) is 5.82 Å². The molecule has 3 aliphatic rings. The van der Waals surface area contributed by atoms with E-state index in [0.29, 0.717) is 42.5 Å². The lowest BCUT2D eigenvalue weighted by Crippen LogP contribution is -2.58. The van der Waals surface area contributed by atoms with Crippen molar-refractivity contribution in [1.82, 2.24) is 30.5 Å². The van der Waals surface area contributed by atoms with Crippen LogP contribution in [0.1, 0.15) is 51.0 Å². The molecule has 2 unspecified atom stereocenters. The average molecular weight is 665 g/mol. The molecule has 2 aromatic heterocycles. The molecular formula is C35H39F3N6O4. The highest BCUT2D eigenvalue weighted by molar-refractivity contribution is 6.00. The number of aryl methyl sites for hydroxylation is 1. The summed E-state index contributed by atoms with van der Waals surface area (Å²) in [6.45, 7) is 4.90. The maximum Gasteiger partial charge on any atom is 0.407 e. The number of halogens is 3. The van der Waals surface area contributed by atoms with Crippen molar-refractivity contribution in [2.45, 2.75) is 69.1 Å². The van der Waals surface area contributed by atoms with Crippen LogP contribution in [0.4, 0.5) is 18.0 Å². The topological polar surface area (TPSA) is 121 Å². The van der Waals surface area contributed by atoms with Crippen molar-refractivity contribution in [2.75, 3.05) is 39.4 Å². The first-order valence-electron chi connectivity index (χ1n) is 16.6. The first-order valence-corrected chi connectivity index (χ1v) is 16.6. The Balaban J connectivity index is 1.12. The quantitative estimate of drug-likeness (QED) is 0.210. The molecule has 0 radical (unpaired) electrons. The number of aromatic amines is 1. The molecule has 13 heteroatoms. The summed E-state index contributed by atoms with van der Waals surface area (Å²) in [7, 11) is 0. The van der Waals surface area contributed by atoms with Crippen LogP contribution in [0.2, 0.25) is 0 Å². The van der Waals surface area contributed by atoms with Crippen LogP contribution in [0.3, 0.4) is 0 Å². The third-order valence-electron chi connectivity index (χ3n) is 10.1. The van der Waals surface area contributed by atoms with Gasteiger partial charge in [-0.05, 0) is 75.6 Å². The molecule has 254 valence electrons. The zero-order valence-electron chi connectivity index (χ0n) is 26.8. The maximum absolute atomic E-state index is 16.3. The maximum atomic E-state index is 16.3. The molecule has 0 spiro atoms. The Bertz CT molecular complexity index is 1910. The minimum Gasteiger partial charge on any atom is -0.463 e. The Morgan fingerprint density at radius 2 is 1.96 bits per heavy atom. The van der Waals surface area contributed by atoms with Crippen LogP contribution in [0.5, 0.6) is 6.01 Å². The van der Waals surface area contributed by atoms with Crippen molar-refractivity contribution in [3.8, 4) is 17.3 Å². The number of H-pyrrole nitrogens is 1. The van der Waals surface area contributed by atoms with Crippen molar-refractivity contribution in [1.29, 1.82) is 0 Å². The van der Waals surface area contributed by atoms with Gasteiger partial charge in [-0.15, -0.1) is 0 Å². The van der Waals surface area contributed by atoms with Gasteiger partial charge in [0.05, 0.1) is 23.1 Å². The van der Waals surface area contributed by atoms with Gasteiger partial charge >= 0.3 is 6.09 Å². The summed E-state index contributed by atoms with van der Waals surface area (Å²) >= 11 is 0. The van der Waals surface area contributed by atoms with Crippen LogP contribution in [-0.4, -0.2) is 82.6 Å². The van der Waals surface area contributed by atoms with Gasteiger partial charge in [-0.2, -0.15) is 4.98 Å². The highest BCUT2D eigenvalue weighted by atomic mass is 19.1. The molecule has 1 amide bonds. The largest absolute Gasteiger partial charge is 0.463 e. The van der Waals surface area contributed by atoms with Crippen LogP contribution >= 0.6 is 0 Å². The van der Waals surface area contributed by atoms with E-state index in [1.165, 1.54) is 12.3 Å². The summed E-state index contributed by atoms with van der Waals surface area (Å²) < 4.78 is 56.7. The Hall–Kier alpha value is -4.23. The summed E-state index contributed by atoms with van der Waals surface area (Å²) in [5, 5.41) is 6.44. The minimum atomic E-state index is -1.06.